The molecule has 0 spiro atoms. The van der Waals surface area contributed by atoms with E-state index in [1.54, 1.807) is 13.8 Å². The smallest absolute Gasteiger partial charge is 0.327 e. The summed E-state index contributed by atoms with van der Waals surface area (Å²) in [6.07, 6.45) is 0.879. The van der Waals surface area contributed by atoms with Crippen LogP contribution in [0.1, 0.15) is 30.4 Å². The van der Waals surface area contributed by atoms with E-state index >= 15 is 0 Å². The molecular weight excluding hydrogens is 280 g/mol. The lowest BCUT2D eigenvalue weighted by atomic mass is 10.1. The van der Waals surface area contributed by atoms with Crippen molar-refractivity contribution < 1.29 is 19.2 Å². The van der Waals surface area contributed by atoms with Crippen LogP contribution in [0, 0.1) is 13.8 Å². The van der Waals surface area contributed by atoms with Gasteiger partial charge in [-0.2, -0.15) is 0 Å². The van der Waals surface area contributed by atoms with Gasteiger partial charge in [-0.25, -0.2) is 4.79 Å². The zero-order valence-corrected chi connectivity index (χ0v) is 12.6. The van der Waals surface area contributed by atoms with Crippen molar-refractivity contribution in [1.29, 1.82) is 0 Å². The number of rotatable bonds is 4. The largest absolute Gasteiger partial charge is 0.480 e. The Kier molecular flexibility index (Phi) is 4.37. The summed E-state index contributed by atoms with van der Waals surface area (Å²) >= 11 is 1.52. The van der Waals surface area contributed by atoms with Crippen LogP contribution in [0.2, 0.25) is 0 Å². The Bertz CT molecular complexity index is 509. The molecule has 1 aromatic rings. The van der Waals surface area contributed by atoms with Gasteiger partial charge in [0.25, 0.3) is 0 Å². The molecule has 1 aromatic heterocycles. The number of amides is 1. The van der Waals surface area contributed by atoms with Crippen molar-refractivity contribution in [2.45, 2.75) is 45.0 Å². The van der Waals surface area contributed by atoms with Gasteiger partial charge in [0.2, 0.25) is 5.91 Å². The van der Waals surface area contributed by atoms with Gasteiger partial charge in [-0.15, -0.1) is 11.8 Å². The van der Waals surface area contributed by atoms with Crippen LogP contribution in [0.15, 0.2) is 4.52 Å². The van der Waals surface area contributed by atoms with Crippen LogP contribution in [0.4, 0.5) is 0 Å². The van der Waals surface area contributed by atoms with Gasteiger partial charge in [0.15, 0.2) is 0 Å². The number of aromatic nitrogens is 1. The van der Waals surface area contributed by atoms with Crippen molar-refractivity contribution in [2.75, 3.05) is 5.75 Å². The Hall–Kier alpha value is -1.50. The highest BCUT2D eigenvalue weighted by Crippen LogP contribution is 2.32. The van der Waals surface area contributed by atoms with E-state index in [1.165, 1.54) is 16.7 Å². The molecule has 110 valence electrons. The first-order valence-corrected chi connectivity index (χ1v) is 7.57. The number of hydrogen-bond acceptors (Lipinski definition) is 5. The molecule has 7 heteroatoms. The molecule has 1 aliphatic heterocycles. The van der Waals surface area contributed by atoms with E-state index in [4.69, 9.17) is 4.52 Å². The molecule has 2 rings (SSSR count). The average Bonchev–Trinajstić information content (AvgIpc) is 2.96. The first-order valence-electron chi connectivity index (χ1n) is 6.53. The third-order valence-electron chi connectivity index (χ3n) is 3.52. The van der Waals surface area contributed by atoms with Crippen molar-refractivity contribution in [1.82, 2.24) is 10.1 Å². The van der Waals surface area contributed by atoms with Crippen molar-refractivity contribution in [3.63, 3.8) is 0 Å². The Labute approximate surface area is 121 Å². The summed E-state index contributed by atoms with van der Waals surface area (Å²) in [5, 5.41) is 13.0. The third kappa shape index (κ3) is 2.67. The average molecular weight is 298 g/mol. The van der Waals surface area contributed by atoms with E-state index in [1.807, 2.05) is 6.92 Å². The zero-order valence-electron chi connectivity index (χ0n) is 11.8. The number of nitrogens with zero attached hydrogens (tertiary/aromatic N) is 2. The second-order valence-electron chi connectivity index (χ2n) is 4.83. The predicted octanol–water partition coefficient (Wildman–Crippen LogP) is 1.60. The first kappa shape index (κ1) is 14.9. The summed E-state index contributed by atoms with van der Waals surface area (Å²) in [4.78, 5) is 25.3. The molecule has 0 aliphatic carbocycles. The molecule has 1 fully saturated rings. The van der Waals surface area contributed by atoms with Crippen LogP contribution in [0.3, 0.4) is 0 Å². The Morgan fingerprint density at radius 3 is 2.70 bits per heavy atom. The number of aryl methyl sites for hydroxylation is 2. The van der Waals surface area contributed by atoms with Gasteiger partial charge >= 0.3 is 5.97 Å². The van der Waals surface area contributed by atoms with Crippen LogP contribution in [0.5, 0.6) is 0 Å². The number of thioether (sulfide) groups is 1. The fourth-order valence-electron chi connectivity index (χ4n) is 2.40. The number of carbonyl (C=O) groups excluding carboxylic acids is 1. The van der Waals surface area contributed by atoms with Gasteiger partial charge in [-0.3, -0.25) is 4.79 Å². The maximum atomic E-state index is 12.5. The van der Waals surface area contributed by atoms with Crippen molar-refractivity contribution in [3.8, 4) is 0 Å². The molecule has 0 aromatic carbocycles. The maximum absolute atomic E-state index is 12.5. The molecule has 1 amide bonds. The maximum Gasteiger partial charge on any atom is 0.327 e. The molecule has 0 bridgehead atoms. The van der Waals surface area contributed by atoms with Gasteiger partial charge in [-0.1, -0.05) is 12.1 Å². The summed E-state index contributed by atoms with van der Waals surface area (Å²) in [6.45, 7) is 5.50. The summed E-state index contributed by atoms with van der Waals surface area (Å²) in [6, 6.07) is -0.738. The minimum atomic E-state index is -0.944. The summed E-state index contributed by atoms with van der Waals surface area (Å²) < 4.78 is 5.04. The minimum Gasteiger partial charge on any atom is -0.480 e. The minimum absolute atomic E-state index is 0.0657. The van der Waals surface area contributed by atoms with Crippen molar-refractivity contribution >= 4 is 23.6 Å². The van der Waals surface area contributed by atoms with Crippen molar-refractivity contribution in [2.24, 2.45) is 0 Å². The Morgan fingerprint density at radius 1 is 1.50 bits per heavy atom. The van der Waals surface area contributed by atoms with Gasteiger partial charge in [0, 0.05) is 11.3 Å². The summed E-state index contributed by atoms with van der Waals surface area (Å²) in [5.74, 6) is -0.0619. The molecule has 0 saturated carbocycles. The highest BCUT2D eigenvalue weighted by Gasteiger charge is 2.40. The molecule has 6 nitrogen and oxygen atoms in total. The van der Waals surface area contributed by atoms with Gasteiger partial charge in [0.1, 0.15) is 11.8 Å². The molecule has 2 atom stereocenters. The number of hydrogen-bond donors (Lipinski definition) is 1. The highest BCUT2D eigenvalue weighted by molar-refractivity contribution is 8.00. The zero-order chi connectivity index (χ0) is 14.9. The van der Waals surface area contributed by atoms with Crippen LogP contribution in [0.25, 0.3) is 0 Å². The van der Waals surface area contributed by atoms with E-state index in [-0.39, 0.29) is 17.7 Å². The number of carboxylic acid groups (broad SMARTS) is 1. The molecule has 2 unspecified atom stereocenters. The van der Waals surface area contributed by atoms with E-state index in [2.05, 4.69) is 5.16 Å². The number of carbonyl (C=O) groups is 2. The normalized spacial score (nSPS) is 22.2. The second kappa shape index (κ2) is 5.87. The molecule has 1 aliphatic rings. The Balaban J connectivity index is 2.19. The van der Waals surface area contributed by atoms with E-state index in [0.29, 0.717) is 17.2 Å². The van der Waals surface area contributed by atoms with E-state index in [9.17, 15) is 14.7 Å². The lowest BCUT2D eigenvalue weighted by molar-refractivity contribution is -0.148. The quantitative estimate of drug-likeness (QED) is 0.909. The van der Waals surface area contributed by atoms with Crippen LogP contribution in [-0.2, 0) is 16.0 Å². The molecule has 1 saturated heterocycles. The van der Waals surface area contributed by atoms with Gasteiger partial charge in [-0.05, 0) is 20.3 Å². The lowest BCUT2D eigenvalue weighted by Crippen LogP contribution is -2.46. The number of carboxylic acids is 1. The van der Waals surface area contributed by atoms with Crippen molar-refractivity contribution in [3.05, 3.63) is 17.0 Å². The fraction of sp³-hybridized carbons (Fsp3) is 0.615. The van der Waals surface area contributed by atoms with E-state index in [0.717, 1.165) is 12.0 Å². The Morgan fingerprint density at radius 2 is 2.20 bits per heavy atom. The van der Waals surface area contributed by atoms with Crippen LogP contribution in [-0.4, -0.2) is 44.2 Å². The molecule has 2 heterocycles. The van der Waals surface area contributed by atoms with Gasteiger partial charge < -0.3 is 14.5 Å². The molecule has 0 radical (unpaired) electrons. The fourth-order valence-corrected chi connectivity index (χ4v) is 3.77. The van der Waals surface area contributed by atoms with Crippen LogP contribution >= 0.6 is 11.8 Å². The molecular formula is C13H18N2O4S. The topological polar surface area (TPSA) is 83.6 Å². The number of aliphatic carboxylic acids is 1. The highest BCUT2D eigenvalue weighted by atomic mass is 32.2. The van der Waals surface area contributed by atoms with Gasteiger partial charge in [0.05, 0.1) is 17.5 Å². The monoisotopic (exact) mass is 298 g/mol. The molecule has 1 N–H and O–H groups in total. The standard InChI is InChI=1S/C13H18N2O4S/c1-4-12-15(10(6-20-12)13(17)18)11(16)5-9-7(2)14-19-8(9)3/h10,12H,4-6H2,1-3H3,(H,17,18). The predicted molar refractivity (Wildman–Crippen MR) is 74.5 cm³/mol. The summed E-state index contributed by atoms with van der Waals surface area (Å²) in [7, 11) is 0. The lowest BCUT2D eigenvalue weighted by Gasteiger charge is -2.26. The summed E-state index contributed by atoms with van der Waals surface area (Å²) in [5.41, 5.74) is 1.44. The third-order valence-corrected chi connectivity index (χ3v) is 4.98. The van der Waals surface area contributed by atoms with E-state index < -0.39 is 12.0 Å². The molecule has 20 heavy (non-hydrogen) atoms. The second-order valence-corrected chi connectivity index (χ2v) is 6.04. The van der Waals surface area contributed by atoms with Crippen LogP contribution < -0.4 is 0 Å². The first-order chi connectivity index (χ1) is 9.45. The SMILES string of the molecule is CCC1SCC(C(=O)O)N1C(=O)Cc1c(C)noc1C.